The molecule has 1 N–H and O–H groups in total. The first kappa shape index (κ1) is 41.2. The maximum absolute atomic E-state index is 13.6. The van der Waals surface area contributed by atoms with Gasteiger partial charge in [0.2, 0.25) is 0 Å². The second-order valence-electron chi connectivity index (χ2n) is 14.5. The molecule has 0 radical (unpaired) electrons. The largest absolute Gasteiger partial charge is 0.443 e. The molecule has 1 aliphatic carbocycles. The van der Waals surface area contributed by atoms with Gasteiger partial charge in [-0.3, -0.25) is 4.18 Å². The van der Waals surface area contributed by atoms with Gasteiger partial charge in [0.15, 0.2) is 11.5 Å². The molecule has 3 amide bonds. The van der Waals surface area contributed by atoms with E-state index in [-0.39, 0.29) is 23.3 Å². The first-order valence-electron chi connectivity index (χ1n) is 16.0. The van der Waals surface area contributed by atoms with E-state index >= 15 is 0 Å². The average molecular weight is 716 g/mol. The molecule has 17 nitrogen and oxygen atoms in total. The van der Waals surface area contributed by atoms with E-state index in [2.05, 4.69) is 15.5 Å². The van der Waals surface area contributed by atoms with E-state index in [1.54, 1.807) is 62.3 Å². The second kappa shape index (κ2) is 16.2. The first-order valence-corrected chi connectivity index (χ1v) is 17.8. The number of ether oxygens (including phenoxy) is 3. The maximum Gasteiger partial charge on any atom is 0.443 e. The number of carbonyl (C=O) groups is 3. The fraction of sp³-hybridized carbons (Fsp3) is 0.742. The van der Waals surface area contributed by atoms with Crippen molar-refractivity contribution in [3.8, 4) is 0 Å². The van der Waals surface area contributed by atoms with Crippen molar-refractivity contribution in [2.75, 3.05) is 43.2 Å². The standard InChI is InChI=1S/C31H53N7O10S/c1-14-37(19-20-15-16-21(17-20)48-49(13,42)43)22-18-33-24(38(27(40)45-30(5,6)7)28(41)46-31(8,9)10)23(34-22)25(35-32-11)47-36(12)26(39)44-29(2,3)4/h18,20-21,32H,14-17,19H2,1-13H3/b35-25-/t20-,21?/m1/s1. The van der Waals surface area contributed by atoms with Crippen molar-refractivity contribution in [1.29, 1.82) is 0 Å². The molecule has 1 unspecified atom stereocenters. The van der Waals surface area contributed by atoms with Crippen LogP contribution in [0.15, 0.2) is 11.3 Å². The van der Waals surface area contributed by atoms with Gasteiger partial charge in [-0.05, 0) is 94.4 Å². The summed E-state index contributed by atoms with van der Waals surface area (Å²) >= 11 is 0. The lowest BCUT2D eigenvalue weighted by Gasteiger charge is -2.30. The quantitative estimate of drug-likeness (QED) is 0.120. The highest BCUT2D eigenvalue weighted by Crippen LogP contribution is 2.32. The molecule has 0 aromatic carbocycles. The molecule has 278 valence electrons. The molecule has 0 saturated heterocycles. The summed E-state index contributed by atoms with van der Waals surface area (Å²) in [6.07, 6.45) is 0.717. The molecule has 1 fully saturated rings. The number of hydrazone groups is 1. The Morgan fingerprint density at radius 3 is 1.94 bits per heavy atom. The summed E-state index contributed by atoms with van der Waals surface area (Å²) < 4.78 is 45.1. The fourth-order valence-electron chi connectivity index (χ4n) is 4.63. The zero-order valence-corrected chi connectivity index (χ0v) is 31.8. The van der Waals surface area contributed by atoms with Gasteiger partial charge in [-0.15, -0.1) is 10.2 Å². The molecule has 18 heteroatoms. The van der Waals surface area contributed by atoms with Crippen LogP contribution in [-0.4, -0.2) is 104 Å². The van der Waals surface area contributed by atoms with E-state index in [0.717, 1.165) is 17.7 Å². The van der Waals surface area contributed by atoms with Crippen LogP contribution in [0.5, 0.6) is 0 Å². The van der Waals surface area contributed by atoms with Gasteiger partial charge in [-0.1, -0.05) is 0 Å². The third-order valence-corrected chi connectivity index (χ3v) is 7.00. The molecule has 1 aromatic rings. The van der Waals surface area contributed by atoms with Crippen molar-refractivity contribution in [3.63, 3.8) is 0 Å². The van der Waals surface area contributed by atoms with E-state index in [9.17, 15) is 22.8 Å². The van der Waals surface area contributed by atoms with Crippen molar-refractivity contribution >= 4 is 45.9 Å². The smallest absolute Gasteiger partial charge is 0.443 e. The number of hydroxylamine groups is 2. The fourth-order valence-corrected chi connectivity index (χ4v) is 5.30. The molecule has 0 aliphatic heterocycles. The van der Waals surface area contributed by atoms with Crippen LogP contribution in [-0.2, 0) is 33.3 Å². The minimum Gasteiger partial charge on any atom is -0.443 e. The Morgan fingerprint density at radius 2 is 1.47 bits per heavy atom. The number of nitrogens with zero attached hydrogens (tertiary/aromatic N) is 6. The van der Waals surface area contributed by atoms with Gasteiger partial charge >= 0.3 is 18.3 Å². The predicted octanol–water partition coefficient (Wildman–Crippen LogP) is 4.80. The van der Waals surface area contributed by atoms with Crippen LogP contribution >= 0.6 is 0 Å². The van der Waals surface area contributed by atoms with Crippen LogP contribution in [0.4, 0.5) is 26.0 Å². The number of aromatic nitrogens is 2. The summed E-state index contributed by atoms with van der Waals surface area (Å²) in [5.41, 5.74) is -0.506. The Hall–Kier alpha value is -3.93. The molecule has 1 saturated carbocycles. The molecule has 0 bridgehead atoms. The molecule has 2 atom stereocenters. The molecule has 49 heavy (non-hydrogen) atoms. The zero-order valence-electron chi connectivity index (χ0n) is 30.9. The van der Waals surface area contributed by atoms with Crippen molar-refractivity contribution in [1.82, 2.24) is 20.5 Å². The van der Waals surface area contributed by atoms with Gasteiger partial charge in [0.1, 0.15) is 22.6 Å². The summed E-state index contributed by atoms with van der Waals surface area (Å²) in [7, 11) is -0.833. The van der Waals surface area contributed by atoms with Gasteiger partial charge < -0.3 is 29.4 Å². The number of hydrogen-bond donors (Lipinski definition) is 1. The number of imide groups is 1. The minimum absolute atomic E-state index is 0.0663. The lowest BCUT2D eigenvalue weighted by atomic mass is 10.1. The highest BCUT2D eigenvalue weighted by Gasteiger charge is 2.38. The van der Waals surface area contributed by atoms with Crippen molar-refractivity contribution in [2.45, 2.75) is 111 Å². The van der Waals surface area contributed by atoms with Gasteiger partial charge in [0.25, 0.3) is 16.0 Å². The van der Waals surface area contributed by atoms with E-state index in [4.69, 9.17) is 28.2 Å². The SMILES string of the molecule is CCN(C[C@@H]1CCC(OS(C)(=O)=O)C1)c1cnc(N(C(=O)OC(C)(C)C)C(=O)OC(C)(C)C)c(/C(=N/NC)ON(C)C(=O)OC(C)(C)C)n1. The lowest BCUT2D eigenvalue weighted by Crippen LogP contribution is -2.45. The number of amides is 3. The van der Waals surface area contributed by atoms with Gasteiger partial charge in [0, 0.05) is 20.1 Å². The van der Waals surface area contributed by atoms with Crippen molar-refractivity contribution < 1.29 is 46.0 Å². The average Bonchev–Trinajstić information content (AvgIpc) is 3.33. The summed E-state index contributed by atoms with van der Waals surface area (Å²) in [5.74, 6) is -0.320. The van der Waals surface area contributed by atoms with Crippen LogP contribution in [0.3, 0.4) is 0 Å². The normalized spacial score (nSPS) is 17.2. The summed E-state index contributed by atoms with van der Waals surface area (Å²) in [6, 6.07) is 0. The Bertz CT molecular complexity index is 1440. The molecule has 1 heterocycles. The zero-order chi connectivity index (χ0) is 37.5. The van der Waals surface area contributed by atoms with Crippen LogP contribution in [0.2, 0.25) is 0 Å². The number of rotatable bonds is 9. The Labute approximate surface area is 289 Å². The molecule has 1 aliphatic rings. The van der Waals surface area contributed by atoms with E-state index < -0.39 is 51.3 Å². The highest BCUT2D eigenvalue weighted by atomic mass is 32.2. The Balaban J connectivity index is 2.71. The first-order chi connectivity index (χ1) is 22.3. The third-order valence-electron chi connectivity index (χ3n) is 6.38. The predicted molar refractivity (Wildman–Crippen MR) is 183 cm³/mol. The summed E-state index contributed by atoms with van der Waals surface area (Å²) in [5, 5.41) is 4.95. The second-order valence-corrected chi connectivity index (χ2v) is 16.1. The van der Waals surface area contributed by atoms with E-state index in [1.807, 2.05) is 11.8 Å². The van der Waals surface area contributed by atoms with Crippen LogP contribution < -0.4 is 15.2 Å². The number of carbonyl (C=O) groups excluding carboxylic acids is 3. The highest BCUT2D eigenvalue weighted by molar-refractivity contribution is 7.86. The monoisotopic (exact) mass is 715 g/mol. The third kappa shape index (κ3) is 13.8. The van der Waals surface area contributed by atoms with Crippen LogP contribution in [0.1, 0.15) is 94.2 Å². The van der Waals surface area contributed by atoms with E-state index in [1.165, 1.54) is 20.3 Å². The maximum atomic E-state index is 13.6. The number of nitrogens with one attached hydrogen (secondary N) is 1. The number of hydrogen-bond acceptors (Lipinski definition) is 15. The molecule has 1 aromatic heterocycles. The summed E-state index contributed by atoms with van der Waals surface area (Å²) in [6.45, 7) is 17.7. The van der Waals surface area contributed by atoms with Crippen molar-refractivity contribution in [2.24, 2.45) is 11.0 Å². The van der Waals surface area contributed by atoms with Crippen molar-refractivity contribution in [3.05, 3.63) is 11.9 Å². The van der Waals surface area contributed by atoms with Crippen LogP contribution in [0.25, 0.3) is 0 Å². The lowest BCUT2D eigenvalue weighted by molar-refractivity contribution is -0.0651. The Kier molecular flexibility index (Phi) is 13.6. The minimum atomic E-state index is -3.60. The van der Waals surface area contributed by atoms with E-state index in [0.29, 0.717) is 36.6 Å². The van der Waals surface area contributed by atoms with Gasteiger partial charge in [-0.2, -0.15) is 13.3 Å². The van der Waals surface area contributed by atoms with Gasteiger partial charge in [-0.25, -0.2) is 24.4 Å². The molecular weight excluding hydrogens is 662 g/mol. The summed E-state index contributed by atoms with van der Waals surface area (Å²) in [4.78, 5) is 57.7. The molecule has 0 spiro atoms. The Morgan fingerprint density at radius 1 is 0.939 bits per heavy atom. The van der Waals surface area contributed by atoms with Gasteiger partial charge in [0.05, 0.1) is 25.6 Å². The molecule has 2 rings (SSSR count). The topological polar surface area (TPSA) is 191 Å². The molecular formula is C31H53N7O10S. The van der Waals surface area contributed by atoms with Crippen LogP contribution in [0, 0.1) is 5.92 Å². The number of anilines is 2.